The van der Waals surface area contributed by atoms with Crippen molar-refractivity contribution in [2.24, 2.45) is 0 Å². The van der Waals surface area contributed by atoms with Gasteiger partial charge in [-0.1, -0.05) is 6.92 Å². The first-order chi connectivity index (χ1) is 8.11. The molecule has 17 heavy (non-hydrogen) atoms. The van der Waals surface area contributed by atoms with Crippen LogP contribution in [0.25, 0.3) is 0 Å². The first-order valence-corrected chi connectivity index (χ1v) is 6.39. The SMILES string of the molecule is CCN1CCC(c2cc(F)c(N)cc2C)CC1. The number of nitrogens with two attached hydrogens (primary N) is 1. The number of benzene rings is 1. The van der Waals surface area contributed by atoms with Crippen LogP contribution in [-0.2, 0) is 0 Å². The summed E-state index contributed by atoms with van der Waals surface area (Å²) in [6, 6.07) is 3.40. The van der Waals surface area contributed by atoms with Crippen molar-refractivity contribution in [2.75, 3.05) is 25.4 Å². The van der Waals surface area contributed by atoms with Gasteiger partial charge in [0.25, 0.3) is 0 Å². The van der Waals surface area contributed by atoms with Crippen LogP contribution in [-0.4, -0.2) is 24.5 Å². The summed E-state index contributed by atoms with van der Waals surface area (Å²) >= 11 is 0. The Labute approximate surface area is 103 Å². The molecule has 1 aliphatic heterocycles. The van der Waals surface area contributed by atoms with Crippen LogP contribution in [0, 0.1) is 12.7 Å². The summed E-state index contributed by atoms with van der Waals surface area (Å²) in [5.41, 5.74) is 8.11. The molecule has 94 valence electrons. The van der Waals surface area contributed by atoms with Crippen LogP contribution in [0.1, 0.15) is 36.8 Å². The molecule has 1 saturated heterocycles. The van der Waals surface area contributed by atoms with Crippen molar-refractivity contribution in [3.8, 4) is 0 Å². The molecule has 1 aliphatic rings. The number of aryl methyl sites for hydroxylation is 1. The smallest absolute Gasteiger partial charge is 0.146 e. The quantitative estimate of drug-likeness (QED) is 0.800. The molecule has 1 aromatic rings. The van der Waals surface area contributed by atoms with Gasteiger partial charge in [-0.2, -0.15) is 0 Å². The average molecular weight is 236 g/mol. The van der Waals surface area contributed by atoms with Crippen molar-refractivity contribution in [3.63, 3.8) is 0 Å². The van der Waals surface area contributed by atoms with Crippen LogP contribution in [0.5, 0.6) is 0 Å². The van der Waals surface area contributed by atoms with Gasteiger partial charge in [0, 0.05) is 0 Å². The minimum Gasteiger partial charge on any atom is -0.396 e. The molecule has 0 aromatic heterocycles. The van der Waals surface area contributed by atoms with Gasteiger partial charge in [-0.15, -0.1) is 0 Å². The summed E-state index contributed by atoms with van der Waals surface area (Å²) in [4.78, 5) is 2.44. The van der Waals surface area contributed by atoms with Crippen molar-refractivity contribution in [2.45, 2.75) is 32.6 Å². The van der Waals surface area contributed by atoms with E-state index in [2.05, 4.69) is 11.8 Å². The molecule has 0 spiro atoms. The molecule has 1 heterocycles. The largest absolute Gasteiger partial charge is 0.396 e. The van der Waals surface area contributed by atoms with Crippen molar-refractivity contribution >= 4 is 5.69 Å². The fourth-order valence-electron chi connectivity index (χ4n) is 2.72. The number of nitrogens with zero attached hydrogens (tertiary/aromatic N) is 1. The third-order valence-corrected chi connectivity index (χ3v) is 3.86. The van der Waals surface area contributed by atoms with Crippen LogP contribution >= 0.6 is 0 Å². The van der Waals surface area contributed by atoms with Crippen molar-refractivity contribution in [1.29, 1.82) is 0 Å². The molecule has 0 aliphatic carbocycles. The molecule has 0 amide bonds. The fraction of sp³-hybridized carbons (Fsp3) is 0.571. The minimum atomic E-state index is -0.275. The van der Waals surface area contributed by atoms with Gasteiger partial charge in [-0.3, -0.25) is 0 Å². The lowest BCUT2D eigenvalue weighted by molar-refractivity contribution is 0.222. The van der Waals surface area contributed by atoms with E-state index in [0.29, 0.717) is 5.92 Å². The maximum atomic E-state index is 13.5. The van der Waals surface area contributed by atoms with E-state index >= 15 is 0 Å². The molecule has 0 bridgehead atoms. The molecule has 2 nitrogen and oxygen atoms in total. The highest BCUT2D eigenvalue weighted by molar-refractivity contribution is 5.47. The second-order valence-corrected chi connectivity index (χ2v) is 4.94. The normalized spacial score (nSPS) is 18.5. The molecule has 1 aromatic carbocycles. The predicted octanol–water partition coefficient (Wildman–Crippen LogP) is 2.92. The number of hydrogen-bond donors (Lipinski definition) is 1. The minimum absolute atomic E-state index is 0.261. The Morgan fingerprint density at radius 3 is 2.59 bits per heavy atom. The van der Waals surface area contributed by atoms with Gasteiger partial charge in [0.2, 0.25) is 0 Å². The number of halogens is 1. The number of nitrogen functional groups attached to an aromatic ring is 1. The second kappa shape index (κ2) is 5.05. The molecule has 0 unspecified atom stereocenters. The zero-order valence-corrected chi connectivity index (χ0v) is 10.7. The van der Waals surface area contributed by atoms with Gasteiger partial charge in [0.15, 0.2) is 0 Å². The molecular formula is C14H21FN2. The van der Waals surface area contributed by atoms with Crippen molar-refractivity contribution in [1.82, 2.24) is 4.90 Å². The number of likely N-dealkylation sites (tertiary alicyclic amines) is 1. The van der Waals surface area contributed by atoms with Gasteiger partial charge in [0.05, 0.1) is 5.69 Å². The third kappa shape index (κ3) is 2.60. The fourth-order valence-corrected chi connectivity index (χ4v) is 2.72. The Kier molecular flexibility index (Phi) is 3.67. The van der Waals surface area contributed by atoms with Gasteiger partial charge >= 0.3 is 0 Å². The Balaban J connectivity index is 2.16. The van der Waals surface area contributed by atoms with E-state index in [9.17, 15) is 4.39 Å². The summed E-state index contributed by atoms with van der Waals surface area (Å²) in [6.45, 7) is 7.56. The maximum Gasteiger partial charge on any atom is 0.146 e. The van der Waals surface area contributed by atoms with E-state index < -0.39 is 0 Å². The highest BCUT2D eigenvalue weighted by Gasteiger charge is 2.21. The molecule has 0 saturated carbocycles. The first-order valence-electron chi connectivity index (χ1n) is 6.39. The molecular weight excluding hydrogens is 215 g/mol. The number of rotatable bonds is 2. The average Bonchev–Trinajstić information content (AvgIpc) is 2.34. The van der Waals surface area contributed by atoms with E-state index in [0.717, 1.165) is 43.6 Å². The van der Waals surface area contributed by atoms with Gasteiger partial charge in [0.1, 0.15) is 5.82 Å². The lowest BCUT2D eigenvalue weighted by Gasteiger charge is -2.32. The van der Waals surface area contributed by atoms with E-state index in [-0.39, 0.29) is 11.5 Å². The summed E-state index contributed by atoms with van der Waals surface area (Å²) < 4.78 is 13.5. The summed E-state index contributed by atoms with van der Waals surface area (Å²) in [5.74, 6) is 0.219. The number of piperidine rings is 1. The molecule has 2 rings (SSSR count). The Bertz CT molecular complexity index is 395. The van der Waals surface area contributed by atoms with E-state index in [1.54, 1.807) is 12.1 Å². The van der Waals surface area contributed by atoms with Crippen molar-refractivity contribution in [3.05, 3.63) is 29.1 Å². The third-order valence-electron chi connectivity index (χ3n) is 3.86. The monoisotopic (exact) mass is 236 g/mol. The highest BCUT2D eigenvalue weighted by Crippen LogP contribution is 2.32. The van der Waals surface area contributed by atoms with Crippen LogP contribution in [0.4, 0.5) is 10.1 Å². The lowest BCUT2D eigenvalue weighted by atomic mass is 9.86. The number of hydrogen-bond acceptors (Lipinski definition) is 2. The molecule has 2 N–H and O–H groups in total. The van der Waals surface area contributed by atoms with Crippen LogP contribution in [0.2, 0.25) is 0 Å². The molecule has 0 radical (unpaired) electrons. The topological polar surface area (TPSA) is 29.3 Å². The zero-order chi connectivity index (χ0) is 12.4. The summed E-state index contributed by atoms with van der Waals surface area (Å²) in [6.07, 6.45) is 2.25. The van der Waals surface area contributed by atoms with E-state index in [4.69, 9.17) is 5.73 Å². The molecule has 0 atom stereocenters. The standard InChI is InChI=1S/C14H21FN2/c1-3-17-6-4-11(5-7-17)12-9-13(15)14(16)8-10(12)2/h8-9,11H,3-7,16H2,1-2H3. The first kappa shape index (κ1) is 12.4. The van der Waals surface area contributed by atoms with Crippen LogP contribution < -0.4 is 5.73 Å². The van der Waals surface area contributed by atoms with Crippen LogP contribution in [0.3, 0.4) is 0 Å². The summed E-state index contributed by atoms with van der Waals surface area (Å²) in [5, 5.41) is 0. The van der Waals surface area contributed by atoms with Crippen molar-refractivity contribution < 1.29 is 4.39 Å². The van der Waals surface area contributed by atoms with E-state index in [1.807, 2.05) is 6.92 Å². The van der Waals surface area contributed by atoms with Gasteiger partial charge in [-0.25, -0.2) is 4.39 Å². The second-order valence-electron chi connectivity index (χ2n) is 4.94. The Morgan fingerprint density at radius 2 is 2.00 bits per heavy atom. The molecule has 1 fully saturated rings. The molecule has 3 heteroatoms. The maximum absolute atomic E-state index is 13.5. The van der Waals surface area contributed by atoms with Gasteiger partial charge < -0.3 is 10.6 Å². The Morgan fingerprint density at radius 1 is 1.35 bits per heavy atom. The van der Waals surface area contributed by atoms with Gasteiger partial charge in [-0.05, 0) is 68.6 Å². The predicted molar refractivity (Wildman–Crippen MR) is 69.6 cm³/mol. The number of anilines is 1. The highest BCUT2D eigenvalue weighted by atomic mass is 19.1. The summed E-state index contributed by atoms with van der Waals surface area (Å²) in [7, 11) is 0. The van der Waals surface area contributed by atoms with E-state index in [1.165, 1.54) is 0 Å². The lowest BCUT2D eigenvalue weighted by Crippen LogP contribution is -2.32. The van der Waals surface area contributed by atoms with Crippen LogP contribution in [0.15, 0.2) is 12.1 Å². The Hall–Kier alpha value is -1.09. The zero-order valence-electron chi connectivity index (χ0n) is 10.7.